The van der Waals surface area contributed by atoms with Gasteiger partial charge in [-0.2, -0.15) is 0 Å². The van der Waals surface area contributed by atoms with Crippen LogP contribution in [-0.4, -0.2) is 47.8 Å². The molecule has 9 unspecified atom stereocenters. The molecule has 4 aliphatic carbocycles. The van der Waals surface area contributed by atoms with Gasteiger partial charge in [-0.05, 0) is 55.3 Å². The second-order valence-corrected chi connectivity index (χ2v) is 8.08. The fourth-order valence-corrected chi connectivity index (χ4v) is 6.25. The van der Waals surface area contributed by atoms with Crippen molar-refractivity contribution in [1.29, 1.82) is 0 Å². The fraction of sp³-hybridized carbons (Fsp3) is 1.00. The number of hydrogen-bond acceptors (Lipinski definition) is 4. The lowest BCUT2D eigenvalue weighted by Crippen LogP contribution is -2.59. The third kappa shape index (κ3) is 1.71. The number of ether oxygens (including phenoxy) is 2. The molecule has 4 rings (SSSR count). The Morgan fingerprint density at radius 1 is 1.14 bits per heavy atom. The van der Waals surface area contributed by atoms with Crippen molar-refractivity contribution in [3.8, 4) is 0 Å². The van der Waals surface area contributed by atoms with Crippen LogP contribution < -0.4 is 0 Å². The monoisotopic (exact) mass is 296 g/mol. The van der Waals surface area contributed by atoms with Crippen LogP contribution in [0.5, 0.6) is 0 Å². The van der Waals surface area contributed by atoms with Crippen molar-refractivity contribution in [3.63, 3.8) is 0 Å². The fourth-order valence-electron chi connectivity index (χ4n) is 6.25. The molecule has 0 bridgehead atoms. The van der Waals surface area contributed by atoms with E-state index in [0.717, 1.165) is 32.1 Å². The summed E-state index contributed by atoms with van der Waals surface area (Å²) in [7, 11) is 3.44. The Kier molecular flexibility index (Phi) is 3.05. The molecule has 0 saturated heterocycles. The predicted octanol–water partition coefficient (Wildman–Crippen LogP) is 1.58. The van der Waals surface area contributed by atoms with E-state index in [4.69, 9.17) is 9.47 Å². The zero-order chi connectivity index (χ0) is 15.0. The molecule has 4 heteroatoms. The smallest absolute Gasteiger partial charge is 0.0994 e. The Labute approximate surface area is 126 Å². The molecule has 0 aromatic heterocycles. The van der Waals surface area contributed by atoms with Crippen molar-refractivity contribution in [1.82, 2.24) is 0 Å². The van der Waals surface area contributed by atoms with Crippen LogP contribution in [-0.2, 0) is 9.47 Å². The molecule has 0 amide bonds. The third-order valence-corrected chi connectivity index (χ3v) is 7.57. The van der Waals surface area contributed by atoms with Crippen molar-refractivity contribution in [2.24, 2.45) is 29.6 Å². The van der Waals surface area contributed by atoms with E-state index in [1.165, 1.54) is 0 Å². The molecule has 4 saturated carbocycles. The molecule has 9 atom stereocenters. The Hall–Kier alpha value is -0.160. The minimum Gasteiger partial charge on any atom is -0.390 e. The average molecular weight is 296 g/mol. The van der Waals surface area contributed by atoms with Gasteiger partial charge in [-0.1, -0.05) is 6.92 Å². The molecular weight excluding hydrogens is 268 g/mol. The van der Waals surface area contributed by atoms with Crippen molar-refractivity contribution in [3.05, 3.63) is 0 Å². The lowest BCUT2D eigenvalue weighted by molar-refractivity contribution is -0.186. The normalized spacial score (nSPS) is 61.9. The van der Waals surface area contributed by atoms with Crippen LogP contribution in [0.2, 0.25) is 0 Å². The first-order valence-electron chi connectivity index (χ1n) is 8.45. The predicted molar refractivity (Wildman–Crippen MR) is 77.7 cm³/mol. The molecule has 0 spiro atoms. The van der Waals surface area contributed by atoms with Gasteiger partial charge in [0.25, 0.3) is 0 Å². The van der Waals surface area contributed by atoms with Gasteiger partial charge in [0.15, 0.2) is 0 Å². The second-order valence-electron chi connectivity index (χ2n) is 8.08. The zero-order valence-corrected chi connectivity index (χ0v) is 13.3. The van der Waals surface area contributed by atoms with E-state index < -0.39 is 5.60 Å². The van der Waals surface area contributed by atoms with E-state index in [-0.39, 0.29) is 17.8 Å². The van der Waals surface area contributed by atoms with Gasteiger partial charge < -0.3 is 19.7 Å². The maximum atomic E-state index is 10.8. The molecular formula is C17H28O4. The van der Waals surface area contributed by atoms with E-state index in [0.29, 0.717) is 29.6 Å². The summed E-state index contributed by atoms with van der Waals surface area (Å²) in [5.41, 5.74) is -0.857. The van der Waals surface area contributed by atoms with Gasteiger partial charge in [-0.3, -0.25) is 0 Å². The first-order valence-corrected chi connectivity index (χ1v) is 8.45. The van der Waals surface area contributed by atoms with Crippen LogP contribution in [0.15, 0.2) is 0 Å². The summed E-state index contributed by atoms with van der Waals surface area (Å²) in [6.07, 6.45) is 4.37. The maximum absolute atomic E-state index is 10.8. The van der Waals surface area contributed by atoms with Crippen LogP contribution >= 0.6 is 0 Å². The average Bonchev–Trinajstić information content (AvgIpc) is 3.07. The van der Waals surface area contributed by atoms with Gasteiger partial charge in [0.1, 0.15) is 0 Å². The SMILES string of the molecule is COC1CC2C3CC4(O)CC4(OC)CCC3C2C(C)C1O. The first kappa shape index (κ1) is 14.4. The number of fused-ring (bicyclic) bond motifs is 5. The lowest BCUT2D eigenvalue weighted by Gasteiger charge is -2.60. The maximum Gasteiger partial charge on any atom is 0.0994 e. The summed E-state index contributed by atoms with van der Waals surface area (Å²) in [4.78, 5) is 0. The molecule has 0 aliphatic heterocycles. The highest BCUT2D eigenvalue weighted by atomic mass is 16.5. The van der Waals surface area contributed by atoms with Crippen LogP contribution in [0.3, 0.4) is 0 Å². The van der Waals surface area contributed by atoms with E-state index in [1.54, 1.807) is 14.2 Å². The Bertz CT molecular complexity index is 441. The van der Waals surface area contributed by atoms with E-state index in [9.17, 15) is 10.2 Å². The molecule has 0 aromatic rings. The summed E-state index contributed by atoms with van der Waals surface area (Å²) in [6, 6.07) is 0. The molecule has 4 nitrogen and oxygen atoms in total. The van der Waals surface area contributed by atoms with Crippen molar-refractivity contribution in [2.45, 2.75) is 62.4 Å². The zero-order valence-electron chi connectivity index (χ0n) is 13.3. The largest absolute Gasteiger partial charge is 0.390 e. The van der Waals surface area contributed by atoms with Gasteiger partial charge in [0.05, 0.1) is 23.4 Å². The quantitative estimate of drug-likeness (QED) is 0.812. The first-order chi connectivity index (χ1) is 9.96. The van der Waals surface area contributed by atoms with Crippen LogP contribution in [0.1, 0.15) is 39.0 Å². The summed E-state index contributed by atoms with van der Waals surface area (Å²) in [5.74, 6) is 2.76. The molecule has 4 aliphatic rings. The summed E-state index contributed by atoms with van der Waals surface area (Å²) < 4.78 is 11.2. The summed E-state index contributed by atoms with van der Waals surface area (Å²) in [6.45, 7) is 2.18. The Morgan fingerprint density at radius 3 is 2.57 bits per heavy atom. The molecule has 4 fully saturated rings. The van der Waals surface area contributed by atoms with Crippen LogP contribution in [0, 0.1) is 29.6 Å². The number of rotatable bonds is 2. The minimum absolute atomic E-state index is 0.0357. The van der Waals surface area contributed by atoms with Crippen molar-refractivity contribution >= 4 is 0 Å². The van der Waals surface area contributed by atoms with Gasteiger partial charge in [0.2, 0.25) is 0 Å². The minimum atomic E-state index is -0.589. The number of hydrogen-bond donors (Lipinski definition) is 2. The summed E-state index contributed by atoms with van der Waals surface area (Å²) >= 11 is 0. The number of aliphatic hydroxyl groups excluding tert-OH is 1. The van der Waals surface area contributed by atoms with Gasteiger partial charge in [-0.15, -0.1) is 0 Å². The molecule has 0 aromatic carbocycles. The third-order valence-electron chi connectivity index (χ3n) is 7.57. The second kappa shape index (κ2) is 4.44. The Balaban J connectivity index is 1.57. The van der Waals surface area contributed by atoms with E-state index in [1.807, 2.05) is 0 Å². The van der Waals surface area contributed by atoms with E-state index in [2.05, 4.69) is 6.92 Å². The highest BCUT2D eigenvalue weighted by Gasteiger charge is 2.72. The highest BCUT2D eigenvalue weighted by molar-refractivity contribution is 5.24. The number of methoxy groups -OCH3 is 2. The van der Waals surface area contributed by atoms with Crippen molar-refractivity contribution in [2.75, 3.05) is 14.2 Å². The summed E-state index contributed by atoms with van der Waals surface area (Å²) in [5, 5.41) is 21.3. The Morgan fingerprint density at radius 2 is 1.90 bits per heavy atom. The molecule has 0 radical (unpaired) electrons. The molecule has 2 N–H and O–H groups in total. The highest BCUT2D eigenvalue weighted by Crippen LogP contribution is 2.68. The van der Waals surface area contributed by atoms with Crippen LogP contribution in [0.4, 0.5) is 0 Å². The molecule has 0 heterocycles. The molecule has 120 valence electrons. The van der Waals surface area contributed by atoms with Crippen LogP contribution in [0.25, 0.3) is 0 Å². The standard InChI is InChI=1S/C17H28O4/c1-9-14-10-4-5-17(21-3)8-16(17,19)7-12(10)11(14)6-13(20-2)15(9)18/h9-15,18-19H,4-8H2,1-3H3. The van der Waals surface area contributed by atoms with Gasteiger partial charge >= 0.3 is 0 Å². The van der Waals surface area contributed by atoms with E-state index >= 15 is 0 Å². The topological polar surface area (TPSA) is 58.9 Å². The lowest BCUT2D eigenvalue weighted by atomic mass is 9.46. The van der Waals surface area contributed by atoms with Gasteiger partial charge in [0, 0.05) is 20.6 Å². The molecule has 21 heavy (non-hydrogen) atoms. The van der Waals surface area contributed by atoms with Crippen molar-refractivity contribution < 1.29 is 19.7 Å². The number of aliphatic hydroxyl groups is 2. The van der Waals surface area contributed by atoms with Gasteiger partial charge in [-0.25, -0.2) is 0 Å².